The van der Waals surface area contributed by atoms with E-state index in [9.17, 15) is 14.4 Å². The third-order valence-corrected chi connectivity index (χ3v) is 6.30. The van der Waals surface area contributed by atoms with Crippen LogP contribution in [0.25, 0.3) is 15.9 Å². The lowest BCUT2D eigenvalue weighted by Gasteiger charge is -2.07. The summed E-state index contributed by atoms with van der Waals surface area (Å²) in [5.74, 6) is -1.23. The number of esters is 1. The van der Waals surface area contributed by atoms with Crippen LogP contribution in [0, 0.1) is 6.92 Å². The van der Waals surface area contributed by atoms with Gasteiger partial charge in [0.15, 0.2) is 0 Å². The van der Waals surface area contributed by atoms with Gasteiger partial charge in [0.25, 0.3) is 11.8 Å². The maximum Gasteiger partial charge on any atom is 0.325 e. The highest BCUT2D eigenvalue weighted by atomic mass is 35.5. The highest BCUT2D eigenvalue weighted by Crippen LogP contribution is 2.32. The molecule has 0 aliphatic carbocycles. The number of nitrogens with one attached hydrogen (secondary N) is 2. The predicted molar refractivity (Wildman–Crippen MR) is 127 cm³/mol. The molecule has 0 unspecified atom stereocenters. The molecule has 2 N–H and O–H groups in total. The number of benzene rings is 2. The van der Waals surface area contributed by atoms with Gasteiger partial charge in [0.1, 0.15) is 11.4 Å². The first kappa shape index (κ1) is 22.5. The Hall–Kier alpha value is -3.69. The van der Waals surface area contributed by atoms with Gasteiger partial charge < -0.3 is 15.4 Å². The second kappa shape index (κ2) is 9.43. The Balaban J connectivity index is 1.50. The number of para-hydroxylation sites is 1. The van der Waals surface area contributed by atoms with Crippen LogP contribution in [0.15, 0.2) is 54.6 Å². The number of methoxy groups -OCH3 is 1. The first-order valence-electron chi connectivity index (χ1n) is 9.88. The monoisotopic (exact) mass is 482 g/mol. The minimum absolute atomic E-state index is 0.217. The molecule has 2 aromatic heterocycles. The maximum absolute atomic E-state index is 12.8. The summed E-state index contributed by atoms with van der Waals surface area (Å²) in [6, 6.07) is 15.6. The number of carbonyl (C=O) groups excluding carboxylic acids is 3. The van der Waals surface area contributed by atoms with E-state index in [4.69, 9.17) is 11.6 Å². The lowest BCUT2D eigenvalue weighted by molar-refractivity contribution is -0.139. The molecular weight excluding hydrogens is 464 g/mol. The smallest absolute Gasteiger partial charge is 0.325 e. The number of nitrogens with zero attached hydrogens (tertiary/aromatic N) is 2. The van der Waals surface area contributed by atoms with Gasteiger partial charge in [-0.3, -0.25) is 14.4 Å². The molecule has 168 valence electrons. The van der Waals surface area contributed by atoms with E-state index >= 15 is 0 Å². The Morgan fingerprint density at radius 1 is 1.09 bits per heavy atom. The molecule has 0 aliphatic rings. The van der Waals surface area contributed by atoms with Crippen LogP contribution in [-0.4, -0.2) is 41.2 Å². The molecular formula is C23H19ClN4O4S. The predicted octanol–water partition coefficient (Wildman–Crippen LogP) is 4.20. The zero-order valence-corrected chi connectivity index (χ0v) is 19.3. The number of amides is 2. The third-order valence-electron chi connectivity index (χ3n) is 4.87. The van der Waals surface area contributed by atoms with Crippen LogP contribution < -0.4 is 10.6 Å². The fourth-order valence-corrected chi connectivity index (χ4v) is 4.46. The van der Waals surface area contributed by atoms with Gasteiger partial charge in [-0.25, -0.2) is 4.68 Å². The summed E-state index contributed by atoms with van der Waals surface area (Å²) >= 11 is 7.65. The van der Waals surface area contributed by atoms with Crippen LogP contribution in [-0.2, 0) is 9.53 Å². The molecule has 33 heavy (non-hydrogen) atoms. The molecule has 2 heterocycles. The van der Waals surface area contributed by atoms with Gasteiger partial charge in [-0.2, -0.15) is 5.10 Å². The van der Waals surface area contributed by atoms with E-state index in [1.54, 1.807) is 41.1 Å². The van der Waals surface area contributed by atoms with E-state index in [0.717, 1.165) is 21.6 Å². The first-order valence-corrected chi connectivity index (χ1v) is 11.1. The number of hydrogen-bond acceptors (Lipinski definition) is 6. The van der Waals surface area contributed by atoms with Gasteiger partial charge in [-0.1, -0.05) is 23.7 Å². The van der Waals surface area contributed by atoms with Crippen molar-refractivity contribution in [2.24, 2.45) is 0 Å². The summed E-state index contributed by atoms with van der Waals surface area (Å²) in [5, 5.41) is 11.3. The summed E-state index contributed by atoms with van der Waals surface area (Å²) in [6.07, 6.45) is 0. The van der Waals surface area contributed by atoms with Gasteiger partial charge in [0.05, 0.1) is 28.4 Å². The van der Waals surface area contributed by atoms with Crippen molar-refractivity contribution in [3.63, 3.8) is 0 Å². The molecule has 0 radical (unpaired) electrons. The van der Waals surface area contributed by atoms with E-state index in [1.165, 1.54) is 18.4 Å². The molecule has 8 nitrogen and oxygen atoms in total. The van der Waals surface area contributed by atoms with Crippen LogP contribution in [0.1, 0.15) is 25.7 Å². The standard InChI is InChI=1S/C23H19ClN4O4S/c1-13-16-11-19(33-23(16)28(27-13)18-6-4-3-5-17(18)24)22(31)26-15-9-7-14(8-10-15)21(30)25-12-20(29)32-2/h3-11H,12H2,1-2H3,(H,25,30)(H,26,31). The van der Waals surface area contributed by atoms with Crippen molar-refractivity contribution < 1.29 is 19.1 Å². The molecule has 0 spiro atoms. The molecule has 0 bridgehead atoms. The number of hydrogen-bond donors (Lipinski definition) is 2. The summed E-state index contributed by atoms with van der Waals surface area (Å²) in [4.78, 5) is 37.4. The number of fused-ring (bicyclic) bond motifs is 1. The minimum atomic E-state index is -0.538. The largest absolute Gasteiger partial charge is 0.468 e. The van der Waals surface area contributed by atoms with Gasteiger partial charge >= 0.3 is 5.97 Å². The Labute approximate surface area is 198 Å². The molecule has 4 rings (SSSR count). The lowest BCUT2D eigenvalue weighted by atomic mass is 10.2. The number of rotatable bonds is 6. The number of thiophene rings is 1. The zero-order valence-electron chi connectivity index (χ0n) is 17.7. The highest BCUT2D eigenvalue weighted by Gasteiger charge is 2.18. The molecule has 0 aliphatic heterocycles. The summed E-state index contributed by atoms with van der Waals surface area (Å²) in [7, 11) is 1.25. The second-order valence-electron chi connectivity index (χ2n) is 7.07. The Bertz CT molecular complexity index is 1360. The molecule has 2 aromatic carbocycles. The fourth-order valence-electron chi connectivity index (χ4n) is 3.17. The van der Waals surface area contributed by atoms with Crippen molar-refractivity contribution in [1.29, 1.82) is 0 Å². The Morgan fingerprint density at radius 2 is 1.82 bits per heavy atom. The summed E-state index contributed by atoms with van der Waals surface area (Å²) in [6.45, 7) is 1.67. The maximum atomic E-state index is 12.8. The molecule has 0 atom stereocenters. The van der Waals surface area contributed by atoms with Crippen LogP contribution >= 0.6 is 22.9 Å². The average molecular weight is 483 g/mol. The number of halogens is 1. The number of carbonyl (C=O) groups is 3. The SMILES string of the molecule is COC(=O)CNC(=O)c1ccc(NC(=O)c2cc3c(C)nn(-c4ccccc4Cl)c3s2)cc1. The normalized spacial score (nSPS) is 10.8. The molecule has 10 heteroatoms. The van der Waals surface area contributed by atoms with E-state index < -0.39 is 11.9 Å². The van der Waals surface area contributed by atoms with Crippen LogP contribution in [0.2, 0.25) is 5.02 Å². The number of aryl methyl sites for hydroxylation is 1. The van der Waals surface area contributed by atoms with Gasteiger partial charge in [-0.15, -0.1) is 11.3 Å². The Morgan fingerprint density at radius 3 is 2.52 bits per heavy atom. The fraction of sp³-hybridized carbons (Fsp3) is 0.130. The number of aromatic nitrogens is 2. The average Bonchev–Trinajstić information content (AvgIpc) is 3.39. The summed E-state index contributed by atoms with van der Waals surface area (Å²) < 4.78 is 6.24. The van der Waals surface area contributed by atoms with Gasteiger partial charge in [0, 0.05) is 16.6 Å². The Kier molecular flexibility index (Phi) is 6.43. The topological polar surface area (TPSA) is 102 Å². The second-order valence-corrected chi connectivity index (χ2v) is 8.51. The van der Waals surface area contributed by atoms with Crippen molar-refractivity contribution in [2.45, 2.75) is 6.92 Å². The van der Waals surface area contributed by atoms with Crippen molar-refractivity contribution in [3.05, 3.63) is 75.8 Å². The van der Waals surface area contributed by atoms with Gasteiger partial charge in [-0.05, 0) is 49.4 Å². The first-order chi connectivity index (χ1) is 15.9. The molecule has 0 saturated carbocycles. The van der Waals surface area contributed by atoms with Crippen molar-refractivity contribution in [1.82, 2.24) is 15.1 Å². The summed E-state index contributed by atoms with van der Waals surface area (Å²) in [5.41, 5.74) is 2.43. The van der Waals surface area contributed by atoms with Crippen molar-refractivity contribution >= 4 is 56.6 Å². The van der Waals surface area contributed by atoms with Crippen molar-refractivity contribution in [3.8, 4) is 5.69 Å². The van der Waals surface area contributed by atoms with Crippen LogP contribution in [0.5, 0.6) is 0 Å². The molecule has 0 saturated heterocycles. The van der Waals surface area contributed by atoms with Crippen LogP contribution in [0.3, 0.4) is 0 Å². The molecule has 0 fully saturated rings. The third kappa shape index (κ3) is 4.74. The van der Waals surface area contributed by atoms with Crippen molar-refractivity contribution in [2.75, 3.05) is 19.0 Å². The van der Waals surface area contributed by atoms with E-state index in [2.05, 4.69) is 20.5 Å². The molecule has 4 aromatic rings. The highest BCUT2D eigenvalue weighted by molar-refractivity contribution is 7.20. The van der Waals surface area contributed by atoms with E-state index in [-0.39, 0.29) is 12.5 Å². The van der Waals surface area contributed by atoms with E-state index in [1.807, 2.05) is 25.1 Å². The zero-order chi connectivity index (χ0) is 23.5. The lowest BCUT2D eigenvalue weighted by Crippen LogP contribution is -2.30. The number of anilines is 1. The van der Waals surface area contributed by atoms with Gasteiger partial charge in [0.2, 0.25) is 0 Å². The minimum Gasteiger partial charge on any atom is -0.468 e. The van der Waals surface area contributed by atoms with Crippen LogP contribution in [0.4, 0.5) is 5.69 Å². The van der Waals surface area contributed by atoms with E-state index in [0.29, 0.717) is 21.2 Å². The quantitative estimate of drug-likeness (QED) is 0.401. The molecule has 2 amide bonds. The number of ether oxygens (including phenoxy) is 1.